The van der Waals surface area contributed by atoms with Crippen molar-refractivity contribution in [2.75, 3.05) is 39.4 Å². The Hall–Kier alpha value is -0.160. The minimum absolute atomic E-state index is 0.606. The quantitative estimate of drug-likeness (QED) is 0.755. The van der Waals surface area contributed by atoms with E-state index in [4.69, 9.17) is 4.74 Å². The number of aliphatic hydroxyl groups is 1. The summed E-state index contributed by atoms with van der Waals surface area (Å²) in [5, 5.41) is 14.2. The summed E-state index contributed by atoms with van der Waals surface area (Å²) in [5.74, 6) is 0.946. The van der Waals surface area contributed by atoms with Crippen LogP contribution < -0.4 is 5.32 Å². The zero-order valence-corrected chi connectivity index (χ0v) is 13.9. The number of rotatable bonds is 7. The van der Waals surface area contributed by atoms with Crippen LogP contribution in [-0.2, 0) is 4.74 Å². The van der Waals surface area contributed by atoms with Crippen LogP contribution in [0.1, 0.15) is 52.4 Å². The second-order valence-electron chi connectivity index (χ2n) is 7.27. The van der Waals surface area contributed by atoms with Crippen molar-refractivity contribution in [2.45, 2.75) is 64.0 Å². The predicted molar refractivity (Wildman–Crippen MR) is 86.5 cm³/mol. The van der Waals surface area contributed by atoms with Gasteiger partial charge < -0.3 is 15.2 Å². The van der Waals surface area contributed by atoms with Crippen LogP contribution in [0.25, 0.3) is 0 Å². The van der Waals surface area contributed by atoms with Crippen LogP contribution in [0.2, 0.25) is 0 Å². The van der Waals surface area contributed by atoms with Crippen molar-refractivity contribution in [1.82, 2.24) is 10.2 Å². The summed E-state index contributed by atoms with van der Waals surface area (Å²) in [6.45, 7) is 9.17. The number of hydrogen-bond acceptors (Lipinski definition) is 4. The molecule has 2 rings (SSSR count). The maximum absolute atomic E-state index is 10.6. The molecule has 1 atom stereocenters. The fourth-order valence-corrected chi connectivity index (χ4v) is 3.72. The molecule has 2 fully saturated rings. The zero-order chi connectivity index (χ0) is 15.1. The number of hydrogen-bond donors (Lipinski definition) is 2. The van der Waals surface area contributed by atoms with Gasteiger partial charge in [0.25, 0.3) is 0 Å². The Morgan fingerprint density at radius 1 is 1.19 bits per heavy atom. The third-order valence-electron chi connectivity index (χ3n) is 4.98. The second kappa shape index (κ2) is 8.47. The minimum atomic E-state index is -0.641. The van der Waals surface area contributed by atoms with E-state index in [0.29, 0.717) is 12.6 Å². The van der Waals surface area contributed by atoms with Crippen LogP contribution in [0.15, 0.2) is 0 Å². The number of nitrogens with zero attached hydrogens (tertiary/aromatic N) is 1. The van der Waals surface area contributed by atoms with Gasteiger partial charge in [-0.05, 0) is 38.5 Å². The maximum Gasteiger partial charge on any atom is 0.0869 e. The van der Waals surface area contributed by atoms with Crippen LogP contribution in [-0.4, -0.2) is 61.0 Å². The van der Waals surface area contributed by atoms with Gasteiger partial charge in [0.1, 0.15) is 0 Å². The molecule has 0 aromatic rings. The van der Waals surface area contributed by atoms with Crippen LogP contribution in [0.3, 0.4) is 0 Å². The lowest BCUT2D eigenvalue weighted by atomic mass is 9.83. The van der Waals surface area contributed by atoms with Crippen molar-refractivity contribution in [3.05, 3.63) is 0 Å². The Bertz CT molecular complexity index is 283. The summed E-state index contributed by atoms with van der Waals surface area (Å²) in [6.07, 6.45) is 7.98. The highest BCUT2D eigenvalue weighted by molar-refractivity contribution is 4.84. The molecule has 124 valence electrons. The average molecular weight is 298 g/mol. The van der Waals surface area contributed by atoms with Gasteiger partial charge in [0.2, 0.25) is 0 Å². The van der Waals surface area contributed by atoms with E-state index < -0.39 is 5.60 Å². The molecule has 2 N–H and O–H groups in total. The SMILES string of the molecule is CCCC1CCC(NCC(C)(O)CN2CCOCC2)CC1. The molecule has 1 aliphatic heterocycles. The molecule has 0 aromatic heterocycles. The van der Waals surface area contributed by atoms with Gasteiger partial charge in [0, 0.05) is 32.2 Å². The summed E-state index contributed by atoms with van der Waals surface area (Å²) in [7, 11) is 0. The molecule has 1 aliphatic carbocycles. The highest BCUT2D eigenvalue weighted by atomic mass is 16.5. The summed E-state index contributed by atoms with van der Waals surface area (Å²) < 4.78 is 5.36. The van der Waals surface area contributed by atoms with Crippen molar-refractivity contribution >= 4 is 0 Å². The van der Waals surface area contributed by atoms with Gasteiger partial charge in [-0.1, -0.05) is 19.8 Å². The molecule has 4 heteroatoms. The highest BCUT2D eigenvalue weighted by Crippen LogP contribution is 2.27. The van der Waals surface area contributed by atoms with Crippen LogP contribution in [0, 0.1) is 5.92 Å². The Morgan fingerprint density at radius 2 is 1.86 bits per heavy atom. The molecule has 0 amide bonds. The fraction of sp³-hybridized carbons (Fsp3) is 1.00. The Balaban J connectivity index is 1.64. The van der Waals surface area contributed by atoms with E-state index in [-0.39, 0.29) is 0 Å². The fourth-order valence-electron chi connectivity index (χ4n) is 3.72. The Kier molecular flexibility index (Phi) is 6.93. The largest absolute Gasteiger partial charge is 0.388 e. The predicted octanol–water partition coefficient (Wildman–Crippen LogP) is 2.02. The zero-order valence-electron chi connectivity index (χ0n) is 13.9. The maximum atomic E-state index is 10.6. The van der Waals surface area contributed by atoms with Gasteiger partial charge in [-0.15, -0.1) is 0 Å². The van der Waals surface area contributed by atoms with Gasteiger partial charge in [-0.2, -0.15) is 0 Å². The molecule has 1 heterocycles. The monoisotopic (exact) mass is 298 g/mol. The molecular weight excluding hydrogens is 264 g/mol. The normalized spacial score (nSPS) is 31.0. The van der Waals surface area contributed by atoms with Gasteiger partial charge in [-0.25, -0.2) is 0 Å². The Morgan fingerprint density at radius 3 is 2.48 bits per heavy atom. The van der Waals surface area contributed by atoms with Gasteiger partial charge in [0.05, 0.1) is 18.8 Å². The smallest absolute Gasteiger partial charge is 0.0869 e. The first-order chi connectivity index (χ1) is 10.1. The first kappa shape index (κ1) is 17.2. The van der Waals surface area contributed by atoms with E-state index in [9.17, 15) is 5.11 Å². The molecule has 2 aliphatic rings. The summed E-state index contributed by atoms with van der Waals surface area (Å²) in [4.78, 5) is 2.31. The summed E-state index contributed by atoms with van der Waals surface area (Å²) in [5.41, 5.74) is -0.641. The molecule has 0 bridgehead atoms. The summed E-state index contributed by atoms with van der Waals surface area (Å²) in [6, 6.07) is 0.606. The molecule has 0 spiro atoms. The van der Waals surface area contributed by atoms with Crippen molar-refractivity contribution in [3.8, 4) is 0 Å². The number of morpholine rings is 1. The van der Waals surface area contributed by atoms with Gasteiger partial charge in [-0.3, -0.25) is 4.90 Å². The summed E-state index contributed by atoms with van der Waals surface area (Å²) >= 11 is 0. The third-order valence-corrected chi connectivity index (χ3v) is 4.98. The third kappa shape index (κ3) is 6.23. The van der Waals surface area contributed by atoms with E-state index in [1.165, 1.54) is 38.5 Å². The average Bonchev–Trinajstić information content (AvgIpc) is 2.48. The van der Waals surface area contributed by atoms with E-state index in [1.807, 2.05) is 6.92 Å². The number of ether oxygens (including phenoxy) is 1. The molecule has 1 unspecified atom stereocenters. The molecule has 1 saturated heterocycles. The molecule has 0 radical (unpaired) electrons. The molecule has 21 heavy (non-hydrogen) atoms. The van der Waals surface area contributed by atoms with E-state index in [1.54, 1.807) is 0 Å². The molecule has 1 saturated carbocycles. The molecular formula is C17H34N2O2. The van der Waals surface area contributed by atoms with E-state index in [2.05, 4.69) is 17.1 Å². The number of nitrogens with one attached hydrogen (secondary N) is 1. The second-order valence-corrected chi connectivity index (χ2v) is 7.27. The first-order valence-corrected chi connectivity index (χ1v) is 8.85. The topological polar surface area (TPSA) is 44.7 Å². The van der Waals surface area contributed by atoms with Crippen LogP contribution in [0.5, 0.6) is 0 Å². The lowest BCUT2D eigenvalue weighted by Crippen LogP contribution is -2.52. The van der Waals surface area contributed by atoms with Gasteiger partial charge in [0.15, 0.2) is 0 Å². The molecule has 0 aromatic carbocycles. The lowest BCUT2D eigenvalue weighted by molar-refractivity contribution is -0.0234. The first-order valence-electron chi connectivity index (χ1n) is 8.85. The van der Waals surface area contributed by atoms with Crippen molar-refractivity contribution in [3.63, 3.8) is 0 Å². The van der Waals surface area contributed by atoms with E-state index >= 15 is 0 Å². The van der Waals surface area contributed by atoms with Crippen molar-refractivity contribution in [2.24, 2.45) is 5.92 Å². The van der Waals surface area contributed by atoms with Crippen molar-refractivity contribution < 1.29 is 9.84 Å². The highest BCUT2D eigenvalue weighted by Gasteiger charge is 2.27. The number of β-amino-alcohol motifs (C(OH)–C–C–N with tert-alkyl or cyclic N) is 1. The van der Waals surface area contributed by atoms with Crippen molar-refractivity contribution in [1.29, 1.82) is 0 Å². The Labute approximate surface area is 130 Å². The van der Waals surface area contributed by atoms with Gasteiger partial charge >= 0.3 is 0 Å². The molecule has 4 nitrogen and oxygen atoms in total. The van der Waals surface area contributed by atoms with Crippen LogP contribution in [0.4, 0.5) is 0 Å². The minimum Gasteiger partial charge on any atom is -0.388 e. The lowest BCUT2D eigenvalue weighted by Gasteiger charge is -2.36. The van der Waals surface area contributed by atoms with E-state index in [0.717, 1.165) is 38.8 Å². The van der Waals surface area contributed by atoms with Crippen LogP contribution >= 0.6 is 0 Å². The standard InChI is InChI=1S/C17H34N2O2/c1-3-4-15-5-7-16(8-6-15)18-13-17(2,20)14-19-9-11-21-12-10-19/h15-16,18,20H,3-14H2,1-2H3.